The molecule has 0 saturated carbocycles. The second-order valence-corrected chi connectivity index (χ2v) is 18.7. The molecule has 0 saturated heterocycles. The highest BCUT2D eigenvalue weighted by atomic mass is 79.9. The van der Waals surface area contributed by atoms with E-state index in [2.05, 4.69) is 83.8 Å². The van der Waals surface area contributed by atoms with Crippen LogP contribution in [-0.4, -0.2) is 39.1 Å². The number of halogens is 2. The fourth-order valence-electron chi connectivity index (χ4n) is 10.9. The Kier molecular flexibility index (Phi) is 13.9. The second-order valence-electron chi connectivity index (χ2n) is 17.6. The van der Waals surface area contributed by atoms with Crippen LogP contribution in [0.5, 0.6) is 46.0 Å². The van der Waals surface area contributed by atoms with Crippen LogP contribution in [0.4, 0.5) is 0 Å². The van der Waals surface area contributed by atoms with E-state index in [1.807, 2.05) is 0 Å². The normalized spacial score (nSPS) is 19.3. The molecule has 5 aliphatic rings. The number of alkyl halides is 2. The van der Waals surface area contributed by atoms with Crippen LogP contribution in [0, 0.1) is 0 Å². The highest BCUT2D eigenvalue weighted by molar-refractivity contribution is 9.08. The first-order valence-electron chi connectivity index (χ1n) is 23.4. The zero-order valence-electron chi connectivity index (χ0n) is 38.6. The van der Waals surface area contributed by atoms with Gasteiger partial charge >= 0.3 is 11.9 Å². The van der Waals surface area contributed by atoms with Crippen molar-refractivity contribution >= 4 is 43.8 Å². The zero-order valence-corrected chi connectivity index (χ0v) is 41.8. The predicted octanol–water partition coefficient (Wildman–Crippen LogP) is 12.6. The molecule has 4 heterocycles. The quantitative estimate of drug-likeness (QED) is 0.0881. The number of esters is 2. The van der Waals surface area contributed by atoms with Crippen molar-refractivity contribution in [1.29, 1.82) is 0 Å². The summed E-state index contributed by atoms with van der Waals surface area (Å²) < 4.78 is 65.7. The minimum Gasteiger partial charge on any atom is -0.461 e. The molecule has 0 radical (unpaired) electrons. The number of benzene rings is 4. The van der Waals surface area contributed by atoms with Crippen molar-refractivity contribution in [2.45, 2.75) is 140 Å². The lowest BCUT2D eigenvalue weighted by Gasteiger charge is -2.37. The van der Waals surface area contributed by atoms with Crippen LogP contribution in [0.2, 0.25) is 0 Å². The average Bonchev–Trinajstić information content (AvgIpc) is 3.28. The Hall–Kier alpha value is -4.82. The Labute approximate surface area is 403 Å². The molecule has 14 heteroatoms. The summed E-state index contributed by atoms with van der Waals surface area (Å²) in [6.45, 7) is 10.9. The maximum atomic E-state index is 12.7. The Morgan fingerprint density at radius 3 is 0.818 bits per heavy atom. The molecule has 2 unspecified atom stereocenters. The molecule has 0 N–H and O–H groups in total. The van der Waals surface area contributed by atoms with Gasteiger partial charge in [0.25, 0.3) is 0 Å². The van der Waals surface area contributed by atoms with Gasteiger partial charge < -0.3 is 47.4 Å². The van der Waals surface area contributed by atoms with Gasteiger partial charge in [0, 0.05) is 104 Å². The van der Waals surface area contributed by atoms with Crippen LogP contribution in [-0.2, 0) is 42.9 Å². The molecule has 9 rings (SSSR count). The number of hydrogen-bond donors (Lipinski definition) is 0. The first kappa shape index (κ1) is 46.3. The highest BCUT2D eigenvalue weighted by Crippen LogP contribution is 2.58. The average molecular weight is 1030 g/mol. The molecular formula is C52H58Br2O12. The summed E-state index contributed by atoms with van der Waals surface area (Å²) in [5.74, 6) is 3.35. The van der Waals surface area contributed by atoms with E-state index in [1.165, 1.54) is 13.8 Å². The van der Waals surface area contributed by atoms with E-state index in [-0.39, 0.29) is 64.1 Å². The lowest BCUT2D eigenvalue weighted by atomic mass is 9.74. The van der Waals surface area contributed by atoms with Gasteiger partial charge in [0.1, 0.15) is 59.2 Å². The van der Waals surface area contributed by atoms with Gasteiger partial charge in [0.05, 0.1) is 11.1 Å². The molecule has 0 amide bonds. The molecular weight excluding hydrogens is 976 g/mol. The van der Waals surface area contributed by atoms with Crippen LogP contribution >= 0.6 is 31.9 Å². The Morgan fingerprint density at radius 2 is 0.636 bits per heavy atom. The van der Waals surface area contributed by atoms with Gasteiger partial charge in [0.2, 0.25) is 27.2 Å². The fourth-order valence-corrected chi connectivity index (χ4v) is 12.0. The van der Waals surface area contributed by atoms with Crippen molar-refractivity contribution in [2.24, 2.45) is 0 Å². The highest BCUT2D eigenvalue weighted by Gasteiger charge is 2.41. The first-order valence-corrected chi connectivity index (χ1v) is 25.6. The van der Waals surface area contributed by atoms with Crippen LogP contribution in [0.25, 0.3) is 0 Å². The Balaban J connectivity index is 1.50. The summed E-state index contributed by atoms with van der Waals surface area (Å²) in [6, 6.07) is 9.16. The molecule has 0 spiro atoms. The third-order valence-electron chi connectivity index (χ3n) is 13.6. The van der Waals surface area contributed by atoms with Crippen molar-refractivity contribution < 1.29 is 57.0 Å². The van der Waals surface area contributed by atoms with Gasteiger partial charge in [-0.1, -0.05) is 85.2 Å². The van der Waals surface area contributed by atoms with Crippen molar-refractivity contribution in [2.75, 3.05) is 27.2 Å². The monoisotopic (exact) mass is 1030 g/mol. The molecule has 12 nitrogen and oxygen atoms in total. The third-order valence-corrected chi connectivity index (χ3v) is 14.7. The lowest BCUT2D eigenvalue weighted by Crippen LogP contribution is -2.25. The van der Waals surface area contributed by atoms with Crippen molar-refractivity contribution in [1.82, 2.24) is 0 Å². The van der Waals surface area contributed by atoms with E-state index in [0.717, 1.165) is 112 Å². The number of carbonyl (C=O) groups is 2. The zero-order chi connectivity index (χ0) is 46.2. The Morgan fingerprint density at radius 1 is 0.424 bits per heavy atom. The predicted molar refractivity (Wildman–Crippen MR) is 253 cm³/mol. The molecule has 4 aromatic rings. The van der Waals surface area contributed by atoms with Gasteiger partial charge in [-0.25, -0.2) is 0 Å². The summed E-state index contributed by atoms with van der Waals surface area (Å²) >= 11 is 7.77. The summed E-state index contributed by atoms with van der Waals surface area (Å²) in [5, 5.41) is 0.923. The van der Waals surface area contributed by atoms with E-state index < -0.39 is 11.9 Å². The maximum absolute atomic E-state index is 12.7. The van der Waals surface area contributed by atoms with E-state index in [4.69, 9.17) is 47.4 Å². The minimum absolute atomic E-state index is 0.0397. The molecule has 0 aromatic heterocycles. The fraction of sp³-hybridized carbons (Fsp3) is 0.500. The Bertz CT molecular complexity index is 2370. The summed E-state index contributed by atoms with van der Waals surface area (Å²) in [7, 11) is 0. The molecule has 2 atom stereocenters. The number of carbonyl (C=O) groups excluding carboxylic acids is 2. The van der Waals surface area contributed by atoms with E-state index >= 15 is 0 Å². The molecule has 0 fully saturated rings. The van der Waals surface area contributed by atoms with Gasteiger partial charge in [-0.05, 0) is 49.9 Å². The van der Waals surface area contributed by atoms with Gasteiger partial charge in [-0.2, -0.15) is 0 Å². The topological polar surface area (TPSA) is 126 Å². The van der Waals surface area contributed by atoms with Crippen LogP contribution in [0.3, 0.4) is 0 Å². The summed E-state index contributed by atoms with van der Waals surface area (Å²) in [6.07, 6.45) is 6.42. The molecule has 352 valence electrons. The standard InChI is InChI=1S/C52H58Br2O12/c1-7-11-29-33-15-35-30(12-8-2)37-17-39-32(14-10-4)40-18-38-31(13-9-3)36-16-34(29)46-42(20-54)48(36)62-25-64-50(38)44(22-58-28(6)56)52(40)66-26-65-51(39)43(21-57-27(5)55)49(37)63-24-61-47(35)41(19-53)45(33)59-23-60-46/h15-18,29-32H,7-14,19-26H2,1-6H3. The van der Waals surface area contributed by atoms with Crippen LogP contribution < -0.4 is 37.9 Å². The van der Waals surface area contributed by atoms with Gasteiger partial charge in [-0.3, -0.25) is 9.59 Å². The minimum atomic E-state index is -0.429. The lowest BCUT2D eigenvalue weighted by molar-refractivity contribution is -0.143. The van der Waals surface area contributed by atoms with Gasteiger partial charge in [0.15, 0.2) is 0 Å². The SMILES string of the molecule is CCCC1c2cc3c4c(CBr)c2OCOc2c1cc1c(c2CBr)OCOc2c(cc5c(c2COC(C)=O)OCOc2c(cc(c(c2COC(C)=O)OCO4)C3CCC)C5CCC)C1CCC. The smallest absolute Gasteiger partial charge is 0.302 e. The van der Waals surface area contributed by atoms with E-state index in [0.29, 0.717) is 62.7 Å². The largest absolute Gasteiger partial charge is 0.461 e. The molecule has 1 aliphatic carbocycles. The van der Waals surface area contributed by atoms with Crippen molar-refractivity contribution in [3.05, 3.63) is 91.0 Å². The first-order chi connectivity index (χ1) is 32.2. The van der Waals surface area contributed by atoms with Crippen LogP contribution in [0.1, 0.15) is 183 Å². The summed E-state index contributed by atoms with van der Waals surface area (Å²) in [5.41, 5.74) is 10.9. The molecule has 4 aliphatic heterocycles. The van der Waals surface area contributed by atoms with Gasteiger partial charge in [-0.15, -0.1) is 0 Å². The second kappa shape index (κ2) is 19.8. The van der Waals surface area contributed by atoms with E-state index in [9.17, 15) is 9.59 Å². The molecule has 66 heavy (non-hydrogen) atoms. The van der Waals surface area contributed by atoms with E-state index in [1.54, 1.807) is 0 Å². The van der Waals surface area contributed by atoms with Crippen LogP contribution in [0.15, 0.2) is 24.3 Å². The maximum Gasteiger partial charge on any atom is 0.302 e. The summed E-state index contributed by atoms with van der Waals surface area (Å²) in [4.78, 5) is 25.3. The van der Waals surface area contributed by atoms with Crippen molar-refractivity contribution in [3.8, 4) is 46.0 Å². The third kappa shape index (κ3) is 8.11. The van der Waals surface area contributed by atoms with Crippen molar-refractivity contribution in [3.63, 3.8) is 0 Å². The molecule has 8 bridgehead atoms. The number of ether oxygens (including phenoxy) is 10. The molecule has 4 aromatic carbocycles. The number of hydrogen-bond acceptors (Lipinski definition) is 12. The number of rotatable bonds is 14.